The van der Waals surface area contributed by atoms with Crippen molar-refractivity contribution in [2.45, 2.75) is 6.92 Å². The summed E-state index contributed by atoms with van der Waals surface area (Å²) in [6.45, 7) is 5.19. The average Bonchev–Trinajstić information content (AvgIpc) is 2.65. The topological polar surface area (TPSA) is 23.6 Å². The van der Waals surface area contributed by atoms with Crippen molar-refractivity contribution in [2.24, 2.45) is 0 Å². The van der Waals surface area contributed by atoms with Gasteiger partial charge in [-0.05, 0) is 42.8 Å². The number of anilines is 2. The van der Waals surface area contributed by atoms with Crippen molar-refractivity contribution in [3.63, 3.8) is 0 Å². The Morgan fingerprint density at radius 1 is 1.00 bits per heavy atom. The van der Waals surface area contributed by atoms with Crippen LogP contribution in [-0.2, 0) is 0 Å². The zero-order valence-electron chi connectivity index (χ0n) is 14.3. The first kappa shape index (κ1) is 17.3. The summed E-state index contributed by atoms with van der Waals surface area (Å²) in [6, 6.07) is 10.3. The molecular formula is C20H18ClFN2OS. The predicted molar refractivity (Wildman–Crippen MR) is 109 cm³/mol. The van der Waals surface area contributed by atoms with E-state index in [1.165, 1.54) is 29.0 Å². The molecule has 0 atom stereocenters. The summed E-state index contributed by atoms with van der Waals surface area (Å²) in [6.07, 6.45) is 0. The van der Waals surface area contributed by atoms with Gasteiger partial charge in [0.25, 0.3) is 0 Å². The first-order valence-corrected chi connectivity index (χ1v) is 9.76. The lowest BCUT2D eigenvalue weighted by atomic mass is 10.1. The maximum atomic E-state index is 13.5. The molecule has 0 spiro atoms. The number of nitrogens with zero attached hydrogens (tertiary/aromatic N) is 2. The van der Waals surface area contributed by atoms with E-state index in [1.807, 2.05) is 23.6 Å². The van der Waals surface area contributed by atoms with E-state index in [9.17, 15) is 9.18 Å². The Balaban J connectivity index is 1.58. The van der Waals surface area contributed by atoms with E-state index in [1.54, 1.807) is 6.07 Å². The molecule has 1 aliphatic heterocycles. The molecule has 2 aromatic carbocycles. The van der Waals surface area contributed by atoms with Gasteiger partial charge in [-0.3, -0.25) is 4.79 Å². The van der Waals surface area contributed by atoms with Gasteiger partial charge in [-0.2, -0.15) is 0 Å². The zero-order valence-corrected chi connectivity index (χ0v) is 15.9. The van der Waals surface area contributed by atoms with E-state index in [4.69, 9.17) is 11.6 Å². The van der Waals surface area contributed by atoms with Crippen LogP contribution in [0.2, 0.25) is 5.02 Å². The lowest BCUT2D eigenvalue weighted by Crippen LogP contribution is -2.48. The van der Waals surface area contributed by atoms with E-state index in [0.29, 0.717) is 11.1 Å². The Morgan fingerprint density at radius 2 is 1.69 bits per heavy atom. The number of fused-ring (bicyclic) bond motifs is 1. The lowest BCUT2D eigenvalue weighted by Gasteiger charge is -2.37. The first-order valence-electron chi connectivity index (χ1n) is 8.50. The first-order chi connectivity index (χ1) is 12.5. The van der Waals surface area contributed by atoms with Crippen molar-refractivity contribution >= 4 is 44.4 Å². The maximum absolute atomic E-state index is 13.5. The Kier molecular flexibility index (Phi) is 4.59. The standard InChI is InChI=1S/C20H18ClFN2OS/c1-13-2-3-14(21)10-17(13)23-6-8-24(9-7-23)18-12-26-19-5-4-15(22)11-16(19)20(18)25/h2-5,10-12H,6-9H2,1H3. The van der Waals surface area contributed by atoms with Crippen LogP contribution in [0.25, 0.3) is 10.1 Å². The van der Waals surface area contributed by atoms with Crippen LogP contribution in [0.4, 0.5) is 15.8 Å². The van der Waals surface area contributed by atoms with E-state index in [-0.39, 0.29) is 11.2 Å². The summed E-state index contributed by atoms with van der Waals surface area (Å²) in [4.78, 5) is 17.2. The molecule has 1 fully saturated rings. The zero-order chi connectivity index (χ0) is 18.3. The van der Waals surface area contributed by atoms with Crippen LogP contribution in [0.1, 0.15) is 5.56 Å². The van der Waals surface area contributed by atoms with Gasteiger partial charge in [-0.15, -0.1) is 11.3 Å². The number of halogens is 2. The van der Waals surface area contributed by atoms with Crippen LogP contribution in [-0.4, -0.2) is 26.2 Å². The summed E-state index contributed by atoms with van der Waals surface area (Å²) in [5.41, 5.74) is 2.90. The quantitative estimate of drug-likeness (QED) is 0.636. The van der Waals surface area contributed by atoms with Gasteiger partial charge in [0.15, 0.2) is 0 Å². The molecule has 1 aliphatic rings. The van der Waals surface area contributed by atoms with Gasteiger partial charge in [-0.1, -0.05) is 17.7 Å². The monoisotopic (exact) mass is 388 g/mol. The predicted octanol–water partition coefficient (Wildman–Crippen LogP) is 4.69. The maximum Gasteiger partial charge on any atom is 0.211 e. The van der Waals surface area contributed by atoms with Crippen molar-refractivity contribution in [1.82, 2.24) is 0 Å². The Morgan fingerprint density at radius 3 is 2.42 bits per heavy atom. The van der Waals surface area contributed by atoms with Gasteiger partial charge in [-0.25, -0.2) is 4.39 Å². The van der Waals surface area contributed by atoms with Crippen molar-refractivity contribution in [3.8, 4) is 0 Å². The summed E-state index contributed by atoms with van der Waals surface area (Å²) >= 11 is 7.62. The molecule has 2 heterocycles. The SMILES string of the molecule is Cc1ccc(Cl)cc1N1CCN(c2csc3ccc(F)cc3c2=O)CC1. The number of hydrogen-bond acceptors (Lipinski definition) is 4. The van der Waals surface area contributed by atoms with E-state index in [2.05, 4.69) is 16.7 Å². The summed E-state index contributed by atoms with van der Waals surface area (Å²) in [5, 5.41) is 3.08. The largest absolute Gasteiger partial charge is 0.368 e. The molecule has 3 nitrogen and oxygen atoms in total. The van der Waals surface area contributed by atoms with Gasteiger partial charge in [0.05, 0.1) is 5.69 Å². The lowest BCUT2D eigenvalue weighted by molar-refractivity contribution is 0.629. The molecule has 0 radical (unpaired) electrons. The summed E-state index contributed by atoms with van der Waals surface area (Å²) in [7, 11) is 0. The number of rotatable bonds is 2. The molecule has 0 unspecified atom stereocenters. The minimum atomic E-state index is -0.375. The fourth-order valence-corrected chi connectivity index (χ4v) is 4.51. The fourth-order valence-electron chi connectivity index (χ4n) is 3.42. The molecule has 0 saturated carbocycles. The van der Waals surface area contributed by atoms with Crippen LogP contribution in [0, 0.1) is 12.7 Å². The summed E-state index contributed by atoms with van der Waals surface area (Å²) in [5.74, 6) is -0.375. The molecule has 0 N–H and O–H groups in total. The van der Waals surface area contributed by atoms with Gasteiger partial charge >= 0.3 is 0 Å². The highest BCUT2D eigenvalue weighted by Crippen LogP contribution is 2.27. The van der Waals surface area contributed by atoms with Gasteiger partial charge in [0, 0.05) is 52.4 Å². The van der Waals surface area contributed by atoms with Gasteiger partial charge in [0.1, 0.15) is 5.82 Å². The Labute approximate surface area is 160 Å². The van der Waals surface area contributed by atoms with E-state index in [0.717, 1.165) is 41.6 Å². The molecule has 6 heteroatoms. The van der Waals surface area contributed by atoms with Gasteiger partial charge < -0.3 is 9.80 Å². The minimum absolute atomic E-state index is 0.0920. The molecular weight excluding hydrogens is 371 g/mol. The Hall–Kier alpha value is -2.11. The number of aryl methyl sites for hydroxylation is 1. The average molecular weight is 389 g/mol. The Bertz CT molecular complexity index is 1030. The normalized spacial score (nSPS) is 14.9. The van der Waals surface area contributed by atoms with Crippen molar-refractivity contribution in [2.75, 3.05) is 36.0 Å². The number of hydrogen-bond donors (Lipinski definition) is 0. The number of benzene rings is 2. The third-order valence-corrected chi connectivity index (χ3v) is 6.03. The molecule has 4 rings (SSSR count). The molecule has 0 amide bonds. The van der Waals surface area contributed by atoms with Gasteiger partial charge in [0.2, 0.25) is 5.43 Å². The highest BCUT2D eigenvalue weighted by Gasteiger charge is 2.21. The highest BCUT2D eigenvalue weighted by atomic mass is 35.5. The minimum Gasteiger partial charge on any atom is -0.368 e. The second kappa shape index (κ2) is 6.89. The second-order valence-electron chi connectivity index (χ2n) is 6.50. The number of piperazine rings is 1. The van der Waals surface area contributed by atoms with Crippen LogP contribution >= 0.6 is 22.9 Å². The molecule has 0 aliphatic carbocycles. The molecule has 3 aromatic rings. The third kappa shape index (κ3) is 3.17. The van der Waals surface area contributed by atoms with Crippen molar-refractivity contribution < 1.29 is 4.39 Å². The smallest absolute Gasteiger partial charge is 0.211 e. The van der Waals surface area contributed by atoms with Crippen LogP contribution in [0.15, 0.2) is 46.6 Å². The molecule has 0 bridgehead atoms. The van der Waals surface area contributed by atoms with Crippen molar-refractivity contribution in [1.29, 1.82) is 0 Å². The third-order valence-electron chi connectivity index (χ3n) is 4.85. The van der Waals surface area contributed by atoms with Crippen LogP contribution < -0.4 is 15.2 Å². The van der Waals surface area contributed by atoms with Crippen LogP contribution in [0.5, 0.6) is 0 Å². The van der Waals surface area contributed by atoms with E-state index < -0.39 is 0 Å². The van der Waals surface area contributed by atoms with Crippen LogP contribution in [0.3, 0.4) is 0 Å². The molecule has 26 heavy (non-hydrogen) atoms. The molecule has 134 valence electrons. The molecule has 1 aromatic heterocycles. The summed E-state index contributed by atoms with van der Waals surface area (Å²) < 4.78 is 14.3. The van der Waals surface area contributed by atoms with E-state index >= 15 is 0 Å². The molecule has 1 saturated heterocycles. The fraction of sp³-hybridized carbons (Fsp3) is 0.250. The highest BCUT2D eigenvalue weighted by molar-refractivity contribution is 7.16. The van der Waals surface area contributed by atoms with Crippen molar-refractivity contribution in [3.05, 3.63) is 68.4 Å². The second-order valence-corrected chi connectivity index (χ2v) is 7.84.